The highest BCUT2D eigenvalue weighted by atomic mass is 19.1. The summed E-state index contributed by atoms with van der Waals surface area (Å²) in [5.74, 6) is -0.216. The highest BCUT2D eigenvalue weighted by molar-refractivity contribution is 5.68. The van der Waals surface area contributed by atoms with E-state index in [9.17, 15) is 9.18 Å². The van der Waals surface area contributed by atoms with Crippen LogP contribution < -0.4 is 4.90 Å². The van der Waals surface area contributed by atoms with E-state index in [2.05, 4.69) is 0 Å². The van der Waals surface area contributed by atoms with Crippen LogP contribution in [0, 0.1) is 12.7 Å². The van der Waals surface area contributed by atoms with Gasteiger partial charge < -0.3 is 19.3 Å². The fourth-order valence-corrected chi connectivity index (χ4v) is 3.57. The van der Waals surface area contributed by atoms with Crippen molar-refractivity contribution in [1.82, 2.24) is 4.90 Å². The molecule has 1 aromatic rings. The van der Waals surface area contributed by atoms with E-state index in [1.165, 1.54) is 0 Å². The van der Waals surface area contributed by atoms with E-state index in [0.29, 0.717) is 25.4 Å². The fraction of sp³-hybridized carbons (Fsp3) is 0.632. The first kappa shape index (κ1) is 18.0. The lowest BCUT2D eigenvalue weighted by molar-refractivity contribution is 0.0192. The molecular weight excluding hydrogens is 323 g/mol. The molecule has 6 heteroatoms. The molecule has 3 rings (SSSR count). The molecule has 0 radical (unpaired) electrons. The zero-order valence-corrected chi connectivity index (χ0v) is 15.0. The average Bonchev–Trinajstić information content (AvgIpc) is 2.62. The van der Waals surface area contributed by atoms with Crippen molar-refractivity contribution >= 4 is 11.8 Å². The number of halogens is 1. The second-order valence-corrected chi connectivity index (χ2v) is 7.00. The number of hydrogen-bond acceptors (Lipinski definition) is 4. The molecule has 0 spiro atoms. The van der Waals surface area contributed by atoms with Crippen molar-refractivity contribution < 1.29 is 18.7 Å². The van der Waals surface area contributed by atoms with Gasteiger partial charge in [-0.15, -0.1) is 0 Å². The topological polar surface area (TPSA) is 42.0 Å². The summed E-state index contributed by atoms with van der Waals surface area (Å²) < 4.78 is 25.3. The normalized spacial score (nSPS) is 21.9. The monoisotopic (exact) mass is 350 g/mol. The molecule has 0 aromatic heterocycles. The summed E-state index contributed by atoms with van der Waals surface area (Å²) in [6.45, 7) is 4.56. The summed E-state index contributed by atoms with van der Waals surface area (Å²) in [6.07, 6.45) is 2.89. The predicted octanol–water partition coefficient (Wildman–Crippen LogP) is 3.35. The third kappa shape index (κ3) is 4.42. The van der Waals surface area contributed by atoms with E-state index in [0.717, 1.165) is 37.8 Å². The van der Waals surface area contributed by atoms with Gasteiger partial charge in [0.1, 0.15) is 11.9 Å². The molecule has 2 fully saturated rings. The molecule has 2 aliphatic heterocycles. The van der Waals surface area contributed by atoms with Gasteiger partial charge in [0, 0.05) is 32.8 Å². The van der Waals surface area contributed by atoms with Crippen molar-refractivity contribution in [3.63, 3.8) is 0 Å². The summed E-state index contributed by atoms with van der Waals surface area (Å²) in [5, 5.41) is 0. The van der Waals surface area contributed by atoms with Crippen molar-refractivity contribution in [2.24, 2.45) is 0 Å². The molecule has 1 amide bonds. The van der Waals surface area contributed by atoms with Crippen LogP contribution in [-0.4, -0.2) is 56.5 Å². The van der Waals surface area contributed by atoms with E-state index in [-0.39, 0.29) is 24.1 Å². The molecule has 0 bridgehead atoms. The Morgan fingerprint density at radius 1 is 1.32 bits per heavy atom. The Morgan fingerprint density at radius 2 is 2.08 bits per heavy atom. The van der Waals surface area contributed by atoms with E-state index < -0.39 is 0 Å². The number of rotatable bonds is 3. The number of piperidine rings is 1. The third-order valence-corrected chi connectivity index (χ3v) is 5.12. The SMILES string of the molecule is Cc1ccc(N2CCCC(OC(=O)N(C)C3CCOCC3)C2)c(F)c1. The van der Waals surface area contributed by atoms with Crippen molar-refractivity contribution in [2.45, 2.75) is 44.8 Å². The molecule has 0 N–H and O–H groups in total. The Labute approximate surface area is 148 Å². The summed E-state index contributed by atoms with van der Waals surface area (Å²) in [6, 6.07) is 5.44. The maximum atomic E-state index is 14.2. The van der Waals surface area contributed by atoms with Crippen molar-refractivity contribution in [2.75, 3.05) is 38.3 Å². The Kier molecular flexibility index (Phi) is 5.78. The highest BCUT2D eigenvalue weighted by Gasteiger charge is 2.29. The smallest absolute Gasteiger partial charge is 0.410 e. The fourth-order valence-electron chi connectivity index (χ4n) is 3.57. The van der Waals surface area contributed by atoms with Crippen LogP contribution in [0.15, 0.2) is 18.2 Å². The Hall–Kier alpha value is -1.82. The van der Waals surface area contributed by atoms with E-state index >= 15 is 0 Å². The number of aryl methyl sites for hydroxylation is 1. The molecular formula is C19H27FN2O3. The zero-order valence-electron chi connectivity index (χ0n) is 15.0. The summed E-state index contributed by atoms with van der Waals surface area (Å²) >= 11 is 0. The van der Waals surface area contributed by atoms with Crippen LogP contribution in [0.4, 0.5) is 14.9 Å². The number of anilines is 1. The first-order valence-corrected chi connectivity index (χ1v) is 9.07. The van der Waals surface area contributed by atoms with Gasteiger partial charge in [0.2, 0.25) is 0 Å². The molecule has 0 aliphatic carbocycles. The second-order valence-electron chi connectivity index (χ2n) is 7.00. The summed E-state index contributed by atoms with van der Waals surface area (Å²) in [4.78, 5) is 16.1. The van der Waals surface area contributed by atoms with Gasteiger partial charge in [0.05, 0.1) is 12.2 Å². The molecule has 25 heavy (non-hydrogen) atoms. The van der Waals surface area contributed by atoms with Gasteiger partial charge in [-0.2, -0.15) is 0 Å². The van der Waals surface area contributed by atoms with Crippen molar-refractivity contribution in [1.29, 1.82) is 0 Å². The summed E-state index contributed by atoms with van der Waals surface area (Å²) in [5.41, 5.74) is 1.49. The molecule has 2 saturated heterocycles. The lowest BCUT2D eigenvalue weighted by Crippen LogP contribution is -2.46. The van der Waals surface area contributed by atoms with Gasteiger partial charge in [0.15, 0.2) is 0 Å². The van der Waals surface area contributed by atoms with Crippen LogP contribution in [-0.2, 0) is 9.47 Å². The van der Waals surface area contributed by atoms with E-state index in [1.807, 2.05) is 24.0 Å². The maximum absolute atomic E-state index is 14.2. The quantitative estimate of drug-likeness (QED) is 0.838. The Bertz CT molecular complexity index is 604. The number of carbonyl (C=O) groups excluding carboxylic acids is 1. The van der Waals surface area contributed by atoms with E-state index in [4.69, 9.17) is 9.47 Å². The lowest BCUT2D eigenvalue weighted by atomic mass is 10.1. The largest absolute Gasteiger partial charge is 0.444 e. The summed E-state index contributed by atoms with van der Waals surface area (Å²) in [7, 11) is 1.79. The first-order chi connectivity index (χ1) is 12.0. The van der Waals surface area contributed by atoms with Crippen LogP contribution >= 0.6 is 0 Å². The average molecular weight is 350 g/mol. The number of amides is 1. The molecule has 0 saturated carbocycles. The van der Waals surface area contributed by atoms with Gasteiger partial charge >= 0.3 is 6.09 Å². The molecule has 1 aromatic carbocycles. The molecule has 2 heterocycles. The first-order valence-electron chi connectivity index (χ1n) is 9.07. The van der Waals surface area contributed by atoms with Crippen molar-refractivity contribution in [3.05, 3.63) is 29.6 Å². The molecule has 5 nitrogen and oxygen atoms in total. The lowest BCUT2D eigenvalue weighted by Gasteiger charge is -2.36. The second kappa shape index (κ2) is 8.04. The number of nitrogens with zero attached hydrogens (tertiary/aromatic N) is 2. The van der Waals surface area contributed by atoms with Gasteiger partial charge in [-0.05, 0) is 50.3 Å². The molecule has 1 unspecified atom stereocenters. The van der Waals surface area contributed by atoms with E-state index in [1.54, 1.807) is 18.0 Å². The van der Waals surface area contributed by atoms with Gasteiger partial charge in [0.25, 0.3) is 0 Å². The predicted molar refractivity (Wildman–Crippen MR) is 94.5 cm³/mol. The maximum Gasteiger partial charge on any atom is 0.410 e. The van der Waals surface area contributed by atoms with Crippen LogP contribution in [0.5, 0.6) is 0 Å². The standard InChI is InChI=1S/C19H27FN2O3/c1-14-5-6-18(17(20)12-14)22-9-3-4-16(13-22)25-19(23)21(2)15-7-10-24-11-8-15/h5-6,12,15-16H,3-4,7-11,13H2,1-2H3. The highest BCUT2D eigenvalue weighted by Crippen LogP contribution is 2.25. The number of benzene rings is 1. The van der Waals surface area contributed by atoms with Gasteiger partial charge in [-0.25, -0.2) is 9.18 Å². The minimum Gasteiger partial charge on any atom is -0.444 e. The molecule has 2 aliphatic rings. The van der Waals surface area contributed by atoms with Gasteiger partial charge in [-0.3, -0.25) is 0 Å². The van der Waals surface area contributed by atoms with Crippen LogP contribution in [0.3, 0.4) is 0 Å². The number of ether oxygens (including phenoxy) is 2. The van der Waals surface area contributed by atoms with Crippen LogP contribution in [0.1, 0.15) is 31.2 Å². The zero-order chi connectivity index (χ0) is 17.8. The van der Waals surface area contributed by atoms with Crippen LogP contribution in [0.2, 0.25) is 0 Å². The number of carbonyl (C=O) groups is 1. The van der Waals surface area contributed by atoms with Gasteiger partial charge in [-0.1, -0.05) is 6.07 Å². The number of hydrogen-bond donors (Lipinski definition) is 0. The third-order valence-electron chi connectivity index (χ3n) is 5.12. The Morgan fingerprint density at radius 3 is 2.80 bits per heavy atom. The molecule has 1 atom stereocenters. The molecule has 138 valence electrons. The minimum atomic E-state index is -0.289. The van der Waals surface area contributed by atoms with Crippen molar-refractivity contribution in [3.8, 4) is 0 Å². The van der Waals surface area contributed by atoms with Crippen LogP contribution in [0.25, 0.3) is 0 Å². The Balaban J connectivity index is 1.58. The minimum absolute atomic E-state index is 0.176.